The van der Waals surface area contributed by atoms with E-state index in [2.05, 4.69) is 36.0 Å². The molecule has 7 heteroatoms. The van der Waals surface area contributed by atoms with E-state index in [1.807, 2.05) is 11.8 Å². The smallest absolute Gasteiger partial charge is 0.156 e. The molecule has 0 radical (unpaired) electrons. The lowest BCUT2D eigenvalue weighted by Gasteiger charge is -2.28. The van der Waals surface area contributed by atoms with E-state index >= 15 is 0 Å². The number of nitrogens with one attached hydrogen (secondary N) is 1. The zero-order valence-electron chi connectivity index (χ0n) is 18.3. The number of likely N-dealkylation sites (tertiary alicyclic amines) is 2. The number of nitrogens with zero attached hydrogens (tertiary/aromatic N) is 5. The number of aryl methyl sites for hydroxylation is 1. The fourth-order valence-corrected chi connectivity index (χ4v) is 5.72. The highest BCUT2D eigenvalue weighted by Gasteiger charge is 2.30. The molecule has 1 aromatic heterocycles. The Morgan fingerprint density at radius 3 is 2.59 bits per heavy atom. The Kier molecular flexibility index (Phi) is 7.08. The summed E-state index contributed by atoms with van der Waals surface area (Å²) in [5, 5.41) is 4.92. The first-order valence-corrected chi connectivity index (χ1v) is 12.3. The Hall–Kier alpha value is -1.18. The lowest BCUT2D eigenvalue weighted by atomic mass is 9.98. The van der Waals surface area contributed by atoms with Crippen molar-refractivity contribution in [3.05, 3.63) is 17.1 Å². The van der Waals surface area contributed by atoms with Crippen LogP contribution >= 0.6 is 11.8 Å². The van der Waals surface area contributed by atoms with Crippen molar-refractivity contribution in [3.63, 3.8) is 0 Å². The van der Waals surface area contributed by atoms with Gasteiger partial charge >= 0.3 is 0 Å². The molecule has 0 saturated carbocycles. The summed E-state index contributed by atoms with van der Waals surface area (Å²) in [7, 11) is 2.21. The molecule has 0 bridgehead atoms. The van der Waals surface area contributed by atoms with E-state index < -0.39 is 0 Å². The predicted molar refractivity (Wildman–Crippen MR) is 123 cm³/mol. The van der Waals surface area contributed by atoms with E-state index in [1.165, 1.54) is 69.0 Å². The summed E-state index contributed by atoms with van der Waals surface area (Å²) in [6.07, 6.45) is 6.34. The van der Waals surface area contributed by atoms with Crippen LogP contribution in [0.3, 0.4) is 0 Å². The molecule has 0 amide bonds. The van der Waals surface area contributed by atoms with Crippen molar-refractivity contribution in [2.24, 2.45) is 10.9 Å². The number of anilines is 1. The standard InChI is InChI=1S/C22H36N6S/c1-16-17(2)24-21(26-20(16)23-9-6-12-28-10-4-5-11-28)19-15-29-22(25-19)18-7-13-27(3)14-8-18/h18-19H,4-15H2,1-3H3,(H,23,24,26). The van der Waals surface area contributed by atoms with E-state index in [4.69, 9.17) is 15.0 Å². The maximum Gasteiger partial charge on any atom is 0.156 e. The summed E-state index contributed by atoms with van der Waals surface area (Å²) in [6.45, 7) is 11.3. The van der Waals surface area contributed by atoms with Crippen molar-refractivity contribution in [3.8, 4) is 0 Å². The van der Waals surface area contributed by atoms with Crippen molar-refractivity contribution in [1.82, 2.24) is 19.8 Å². The summed E-state index contributed by atoms with van der Waals surface area (Å²) in [5.41, 5.74) is 2.24. The Balaban J connectivity index is 1.37. The van der Waals surface area contributed by atoms with E-state index in [0.29, 0.717) is 5.92 Å². The number of piperidine rings is 1. The molecule has 29 heavy (non-hydrogen) atoms. The normalized spacial score (nSPS) is 24.2. The van der Waals surface area contributed by atoms with Crippen LogP contribution in [-0.2, 0) is 0 Å². The molecule has 4 rings (SSSR count). The van der Waals surface area contributed by atoms with Crippen LogP contribution in [0, 0.1) is 19.8 Å². The minimum atomic E-state index is 0.110. The highest BCUT2D eigenvalue weighted by atomic mass is 32.2. The third kappa shape index (κ3) is 5.30. The summed E-state index contributed by atoms with van der Waals surface area (Å²) in [5.74, 6) is 3.52. The van der Waals surface area contributed by atoms with E-state index in [-0.39, 0.29) is 6.04 Å². The fraction of sp³-hybridized carbons (Fsp3) is 0.773. The first kappa shape index (κ1) is 21.1. The number of rotatable bonds is 7. The van der Waals surface area contributed by atoms with Crippen LogP contribution in [0.1, 0.15) is 55.2 Å². The van der Waals surface area contributed by atoms with Crippen molar-refractivity contribution in [1.29, 1.82) is 0 Å². The number of thioether (sulfide) groups is 1. The molecule has 0 aliphatic carbocycles. The Labute approximate surface area is 180 Å². The second-order valence-corrected chi connectivity index (χ2v) is 9.88. The van der Waals surface area contributed by atoms with Gasteiger partial charge in [0.05, 0.1) is 5.04 Å². The number of hydrogen-bond acceptors (Lipinski definition) is 7. The molecule has 6 nitrogen and oxygen atoms in total. The van der Waals surface area contributed by atoms with Gasteiger partial charge in [-0.25, -0.2) is 9.97 Å². The molecule has 1 aromatic rings. The molecule has 1 N–H and O–H groups in total. The van der Waals surface area contributed by atoms with E-state index in [9.17, 15) is 0 Å². The average Bonchev–Trinajstić information content (AvgIpc) is 3.41. The number of hydrogen-bond donors (Lipinski definition) is 1. The molecule has 3 aliphatic heterocycles. The highest BCUT2D eigenvalue weighted by Crippen LogP contribution is 2.35. The van der Waals surface area contributed by atoms with Gasteiger partial charge in [0.25, 0.3) is 0 Å². The monoisotopic (exact) mass is 416 g/mol. The molecule has 3 aliphatic rings. The second kappa shape index (κ2) is 9.75. The molecular weight excluding hydrogens is 380 g/mol. The molecule has 0 aromatic carbocycles. The average molecular weight is 417 g/mol. The largest absolute Gasteiger partial charge is 0.370 e. The van der Waals surface area contributed by atoms with Crippen LogP contribution in [0.4, 0.5) is 5.82 Å². The van der Waals surface area contributed by atoms with Crippen molar-refractivity contribution < 1.29 is 0 Å². The Bertz CT molecular complexity index is 722. The molecule has 2 fully saturated rings. The molecular formula is C22H36N6S. The van der Waals surface area contributed by atoms with Gasteiger partial charge in [0.1, 0.15) is 11.9 Å². The molecule has 1 unspecified atom stereocenters. The van der Waals surface area contributed by atoms with Gasteiger partial charge in [-0.05, 0) is 85.7 Å². The molecule has 2 saturated heterocycles. The summed E-state index contributed by atoms with van der Waals surface area (Å²) < 4.78 is 0. The van der Waals surface area contributed by atoms with Gasteiger partial charge in [0.2, 0.25) is 0 Å². The fourth-order valence-electron chi connectivity index (χ4n) is 4.49. The topological polar surface area (TPSA) is 56.7 Å². The van der Waals surface area contributed by atoms with E-state index in [0.717, 1.165) is 36.1 Å². The van der Waals surface area contributed by atoms with Crippen LogP contribution in [0.2, 0.25) is 0 Å². The first-order chi connectivity index (χ1) is 14.1. The number of aliphatic imine (C=N–C) groups is 1. The second-order valence-electron chi connectivity index (χ2n) is 8.84. The molecule has 4 heterocycles. The van der Waals surface area contributed by atoms with Crippen LogP contribution in [0.15, 0.2) is 4.99 Å². The molecule has 0 spiro atoms. The van der Waals surface area contributed by atoms with Crippen molar-refractivity contribution in [2.45, 2.75) is 52.0 Å². The van der Waals surface area contributed by atoms with Crippen molar-refractivity contribution >= 4 is 22.6 Å². The van der Waals surface area contributed by atoms with Gasteiger partial charge in [-0.15, -0.1) is 11.8 Å². The molecule has 160 valence electrons. The first-order valence-electron chi connectivity index (χ1n) is 11.3. The minimum absolute atomic E-state index is 0.110. The Morgan fingerprint density at radius 1 is 1.07 bits per heavy atom. The van der Waals surface area contributed by atoms with Gasteiger partial charge in [0.15, 0.2) is 5.82 Å². The van der Waals surface area contributed by atoms with Gasteiger partial charge in [-0.3, -0.25) is 4.99 Å². The lowest BCUT2D eigenvalue weighted by Crippen LogP contribution is -2.32. The van der Waals surface area contributed by atoms with E-state index in [1.54, 1.807) is 0 Å². The van der Waals surface area contributed by atoms with Gasteiger partial charge in [-0.1, -0.05) is 0 Å². The maximum absolute atomic E-state index is 5.07. The number of aromatic nitrogens is 2. The third-order valence-corrected chi connectivity index (χ3v) is 7.80. The molecule has 1 atom stereocenters. The zero-order valence-corrected chi connectivity index (χ0v) is 19.1. The van der Waals surface area contributed by atoms with Gasteiger partial charge in [-0.2, -0.15) is 0 Å². The third-order valence-electron chi connectivity index (χ3n) is 6.59. The Morgan fingerprint density at radius 2 is 1.83 bits per heavy atom. The zero-order chi connectivity index (χ0) is 20.2. The van der Waals surface area contributed by atoms with Gasteiger partial charge < -0.3 is 15.1 Å². The quantitative estimate of drug-likeness (QED) is 0.687. The summed E-state index contributed by atoms with van der Waals surface area (Å²) >= 11 is 1.93. The van der Waals surface area contributed by atoms with Crippen LogP contribution < -0.4 is 5.32 Å². The van der Waals surface area contributed by atoms with Gasteiger partial charge in [0, 0.05) is 29.5 Å². The summed E-state index contributed by atoms with van der Waals surface area (Å²) in [6, 6.07) is 0.110. The predicted octanol–water partition coefficient (Wildman–Crippen LogP) is 3.52. The van der Waals surface area contributed by atoms with Crippen LogP contribution in [0.25, 0.3) is 0 Å². The van der Waals surface area contributed by atoms with Crippen molar-refractivity contribution in [2.75, 3.05) is 57.4 Å². The minimum Gasteiger partial charge on any atom is -0.370 e. The summed E-state index contributed by atoms with van der Waals surface area (Å²) in [4.78, 5) is 19.8. The lowest BCUT2D eigenvalue weighted by molar-refractivity contribution is 0.253. The van der Waals surface area contributed by atoms with Crippen LogP contribution in [0.5, 0.6) is 0 Å². The van der Waals surface area contributed by atoms with Crippen LogP contribution in [-0.4, -0.2) is 76.9 Å². The maximum atomic E-state index is 5.07. The SMILES string of the molecule is Cc1nc(C2CSC(C3CCN(C)CC3)=N2)nc(NCCCN2CCCC2)c1C. The highest BCUT2D eigenvalue weighted by molar-refractivity contribution is 8.14.